The molecule has 0 spiro atoms. The number of amides is 2. The Labute approximate surface area is 174 Å². The number of hydrogen-bond donors (Lipinski definition) is 2. The molecule has 2 aromatic carbocycles. The van der Waals surface area contributed by atoms with Gasteiger partial charge in [-0.2, -0.15) is 0 Å². The Morgan fingerprint density at radius 2 is 1.83 bits per heavy atom. The van der Waals surface area contributed by atoms with Gasteiger partial charge < -0.3 is 10.2 Å². The highest BCUT2D eigenvalue weighted by molar-refractivity contribution is 7.92. The Hall–Kier alpha value is -2.58. The number of anilines is 2. The molecule has 0 aromatic heterocycles. The minimum atomic E-state index is -3.93. The lowest BCUT2D eigenvalue weighted by Gasteiger charge is -2.20. The van der Waals surface area contributed by atoms with Crippen LogP contribution in [0.25, 0.3) is 0 Å². The summed E-state index contributed by atoms with van der Waals surface area (Å²) in [6, 6.07) is 9.10. The number of carbonyl (C=O) groups is 2. The molecule has 1 fully saturated rings. The average molecular weight is 434 g/mol. The SMILES string of the molecule is O=C1CCc2cc(S(=O)(=O)Nc3ccc(Cl)cc3C(=O)N3CCCC3)ccc2N1. The van der Waals surface area contributed by atoms with Crippen molar-refractivity contribution < 1.29 is 18.0 Å². The zero-order valence-corrected chi connectivity index (χ0v) is 17.1. The maximum absolute atomic E-state index is 13.0. The van der Waals surface area contributed by atoms with Crippen LogP contribution >= 0.6 is 11.6 Å². The molecule has 152 valence electrons. The number of benzene rings is 2. The highest BCUT2D eigenvalue weighted by Gasteiger charge is 2.25. The number of likely N-dealkylation sites (tertiary alicyclic amines) is 1. The molecule has 29 heavy (non-hydrogen) atoms. The molecule has 0 atom stereocenters. The smallest absolute Gasteiger partial charge is 0.261 e. The number of nitrogens with zero attached hydrogens (tertiary/aromatic N) is 1. The number of sulfonamides is 1. The summed E-state index contributed by atoms with van der Waals surface area (Å²) in [5.74, 6) is -0.326. The number of carbonyl (C=O) groups excluding carboxylic acids is 2. The molecule has 0 aliphatic carbocycles. The first kappa shape index (κ1) is 19.7. The Morgan fingerprint density at radius 1 is 1.07 bits per heavy atom. The van der Waals surface area contributed by atoms with Crippen LogP contribution in [0.1, 0.15) is 35.2 Å². The first-order valence-corrected chi connectivity index (χ1v) is 11.2. The zero-order valence-electron chi connectivity index (χ0n) is 15.6. The molecule has 0 unspecified atom stereocenters. The summed E-state index contributed by atoms with van der Waals surface area (Å²) in [5, 5.41) is 3.09. The van der Waals surface area contributed by atoms with E-state index in [4.69, 9.17) is 11.6 Å². The van der Waals surface area contributed by atoms with Crippen LogP contribution in [0.3, 0.4) is 0 Å². The summed E-state index contributed by atoms with van der Waals surface area (Å²) in [5.41, 5.74) is 1.80. The summed E-state index contributed by atoms with van der Waals surface area (Å²) >= 11 is 6.06. The van der Waals surface area contributed by atoms with Crippen LogP contribution < -0.4 is 10.0 Å². The van der Waals surface area contributed by atoms with Gasteiger partial charge in [0.05, 0.1) is 16.1 Å². The molecular formula is C20H20ClN3O4S. The van der Waals surface area contributed by atoms with Crippen molar-refractivity contribution in [3.8, 4) is 0 Å². The maximum atomic E-state index is 13.0. The van der Waals surface area contributed by atoms with E-state index in [-0.39, 0.29) is 28.0 Å². The number of nitrogens with one attached hydrogen (secondary N) is 2. The first-order valence-electron chi connectivity index (χ1n) is 9.38. The Kier molecular flexibility index (Phi) is 5.23. The molecule has 4 rings (SSSR count). The molecule has 7 nitrogen and oxygen atoms in total. The molecule has 2 N–H and O–H groups in total. The van der Waals surface area contributed by atoms with Gasteiger partial charge in [0.25, 0.3) is 15.9 Å². The van der Waals surface area contributed by atoms with Crippen molar-refractivity contribution in [2.75, 3.05) is 23.1 Å². The summed E-state index contributed by atoms with van der Waals surface area (Å²) in [6.07, 6.45) is 2.65. The maximum Gasteiger partial charge on any atom is 0.261 e. The lowest BCUT2D eigenvalue weighted by Crippen LogP contribution is -2.29. The van der Waals surface area contributed by atoms with Crippen molar-refractivity contribution in [1.82, 2.24) is 4.90 Å². The normalized spacial score (nSPS) is 16.3. The van der Waals surface area contributed by atoms with Gasteiger partial charge in [0.2, 0.25) is 5.91 Å². The van der Waals surface area contributed by atoms with Gasteiger partial charge in [-0.25, -0.2) is 8.42 Å². The van der Waals surface area contributed by atoms with Crippen LogP contribution in [-0.2, 0) is 21.2 Å². The Morgan fingerprint density at radius 3 is 2.59 bits per heavy atom. The fourth-order valence-electron chi connectivity index (χ4n) is 3.60. The van der Waals surface area contributed by atoms with Crippen LogP contribution in [-0.4, -0.2) is 38.2 Å². The third-order valence-electron chi connectivity index (χ3n) is 5.13. The van der Waals surface area contributed by atoms with E-state index in [0.29, 0.717) is 36.6 Å². The van der Waals surface area contributed by atoms with E-state index >= 15 is 0 Å². The minimum absolute atomic E-state index is 0.0712. The van der Waals surface area contributed by atoms with E-state index < -0.39 is 10.0 Å². The van der Waals surface area contributed by atoms with Crippen LogP contribution in [0.5, 0.6) is 0 Å². The van der Waals surface area contributed by atoms with E-state index in [0.717, 1.165) is 18.4 Å². The quantitative estimate of drug-likeness (QED) is 0.773. The Balaban J connectivity index is 1.65. The number of rotatable bonds is 4. The fourth-order valence-corrected chi connectivity index (χ4v) is 4.91. The summed E-state index contributed by atoms with van der Waals surface area (Å²) in [6.45, 7) is 1.29. The molecule has 0 radical (unpaired) electrons. The monoisotopic (exact) mass is 433 g/mol. The van der Waals surface area contributed by atoms with Crippen molar-refractivity contribution in [1.29, 1.82) is 0 Å². The number of aryl methyl sites for hydroxylation is 1. The third-order valence-corrected chi connectivity index (χ3v) is 6.73. The molecule has 2 aliphatic rings. The highest BCUT2D eigenvalue weighted by atomic mass is 35.5. The lowest BCUT2D eigenvalue weighted by molar-refractivity contribution is -0.116. The summed E-state index contributed by atoms with van der Waals surface area (Å²) in [4.78, 5) is 26.1. The summed E-state index contributed by atoms with van der Waals surface area (Å²) in [7, 11) is -3.93. The second kappa shape index (κ2) is 7.68. The molecule has 2 heterocycles. The van der Waals surface area contributed by atoms with Gasteiger partial charge in [0, 0.05) is 30.2 Å². The van der Waals surface area contributed by atoms with E-state index in [2.05, 4.69) is 10.0 Å². The van der Waals surface area contributed by atoms with E-state index in [1.807, 2.05) is 0 Å². The molecule has 1 saturated heterocycles. The molecule has 9 heteroatoms. The molecule has 2 aromatic rings. The van der Waals surface area contributed by atoms with Crippen LogP contribution in [0.4, 0.5) is 11.4 Å². The second-order valence-electron chi connectivity index (χ2n) is 7.16. The van der Waals surface area contributed by atoms with Crippen LogP contribution in [0, 0.1) is 0 Å². The summed E-state index contributed by atoms with van der Waals surface area (Å²) < 4.78 is 28.5. The van der Waals surface area contributed by atoms with Gasteiger partial charge in [-0.15, -0.1) is 0 Å². The van der Waals surface area contributed by atoms with E-state index in [1.165, 1.54) is 18.2 Å². The van der Waals surface area contributed by atoms with Gasteiger partial charge in [0.15, 0.2) is 0 Å². The van der Waals surface area contributed by atoms with Gasteiger partial charge in [-0.3, -0.25) is 14.3 Å². The molecular weight excluding hydrogens is 414 g/mol. The van der Waals surface area contributed by atoms with Crippen molar-refractivity contribution in [3.05, 3.63) is 52.5 Å². The standard InChI is InChI=1S/C20H20ClN3O4S/c21-14-4-6-18(16(12-14)20(26)24-9-1-2-10-24)23-29(27,28)15-5-7-17-13(11-15)3-8-19(25)22-17/h4-7,11-12,23H,1-3,8-10H2,(H,22,25). The second-order valence-corrected chi connectivity index (χ2v) is 9.28. The predicted octanol–water partition coefficient (Wildman–Crippen LogP) is 3.26. The molecule has 2 amide bonds. The average Bonchev–Trinajstić information content (AvgIpc) is 3.23. The van der Waals surface area contributed by atoms with Gasteiger partial charge >= 0.3 is 0 Å². The Bertz CT molecular complexity index is 1090. The van der Waals surface area contributed by atoms with Gasteiger partial charge in [-0.05, 0) is 61.2 Å². The third kappa shape index (κ3) is 4.09. The minimum Gasteiger partial charge on any atom is -0.339 e. The number of fused-ring (bicyclic) bond motifs is 1. The molecule has 0 bridgehead atoms. The van der Waals surface area contributed by atoms with Gasteiger partial charge in [-0.1, -0.05) is 11.6 Å². The molecule has 2 aliphatic heterocycles. The zero-order chi connectivity index (χ0) is 20.6. The topological polar surface area (TPSA) is 95.6 Å². The first-order chi connectivity index (χ1) is 13.8. The van der Waals surface area contributed by atoms with E-state index in [1.54, 1.807) is 23.1 Å². The van der Waals surface area contributed by atoms with Crippen molar-refractivity contribution >= 4 is 44.8 Å². The van der Waals surface area contributed by atoms with Crippen LogP contribution in [0.15, 0.2) is 41.3 Å². The molecule has 0 saturated carbocycles. The number of hydrogen-bond acceptors (Lipinski definition) is 4. The van der Waals surface area contributed by atoms with Crippen molar-refractivity contribution in [3.63, 3.8) is 0 Å². The lowest BCUT2D eigenvalue weighted by atomic mass is 10.0. The largest absolute Gasteiger partial charge is 0.339 e. The number of halogens is 1. The fraction of sp³-hybridized carbons (Fsp3) is 0.300. The van der Waals surface area contributed by atoms with Crippen molar-refractivity contribution in [2.24, 2.45) is 0 Å². The van der Waals surface area contributed by atoms with E-state index in [9.17, 15) is 18.0 Å². The van der Waals surface area contributed by atoms with Crippen LogP contribution in [0.2, 0.25) is 5.02 Å². The van der Waals surface area contributed by atoms with Gasteiger partial charge in [0.1, 0.15) is 0 Å². The predicted molar refractivity (Wildman–Crippen MR) is 111 cm³/mol. The van der Waals surface area contributed by atoms with Crippen molar-refractivity contribution in [2.45, 2.75) is 30.6 Å². The highest BCUT2D eigenvalue weighted by Crippen LogP contribution is 2.29.